The van der Waals surface area contributed by atoms with E-state index in [4.69, 9.17) is 5.73 Å². The second-order valence-electron chi connectivity index (χ2n) is 6.11. The average Bonchev–Trinajstić information content (AvgIpc) is 2.82. The summed E-state index contributed by atoms with van der Waals surface area (Å²) in [6.45, 7) is 0.379. The lowest BCUT2D eigenvalue weighted by atomic mass is 9.78. The molecule has 134 valence electrons. The fourth-order valence-corrected chi connectivity index (χ4v) is 3.04. The smallest absolute Gasteiger partial charge is 0.304 e. The van der Waals surface area contributed by atoms with Crippen LogP contribution in [0.15, 0.2) is 12.1 Å². The molecule has 0 aromatic heterocycles. The Balaban J connectivity index is 2.16. The summed E-state index contributed by atoms with van der Waals surface area (Å²) in [7, 11) is 0. The second kappa shape index (κ2) is 4.73. The monoisotopic (exact) mass is 355 g/mol. The molecule has 10 nitrogen and oxygen atoms in total. The molecule has 0 bridgehead atoms. The number of nitrogens with zero attached hydrogens (tertiary/aromatic N) is 1. The quantitative estimate of drug-likeness (QED) is 0.177. The first-order valence-electron chi connectivity index (χ1n) is 7.01. The SMILES string of the molecule is C[C@@]1(N2Cc3c(N)cc(F)cc3C2=O)C(=O)NC(=O)C(O)(O)C1(O)O. The number of nitrogens with two attached hydrogens (primary N) is 1. The highest BCUT2D eigenvalue weighted by atomic mass is 19.1. The first-order chi connectivity index (χ1) is 11.4. The molecule has 2 aliphatic rings. The number of rotatable bonds is 1. The fourth-order valence-electron chi connectivity index (χ4n) is 3.04. The summed E-state index contributed by atoms with van der Waals surface area (Å²) >= 11 is 0. The average molecular weight is 355 g/mol. The van der Waals surface area contributed by atoms with Gasteiger partial charge in [-0.3, -0.25) is 19.7 Å². The van der Waals surface area contributed by atoms with Crippen LogP contribution in [0.3, 0.4) is 0 Å². The van der Waals surface area contributed by atoms with Gasteiger partial charge in [-0.15, -0.1) is 0 Å². The Bertz CT molecular complexity index is 838. The number of aliphatic hydroxyl groups is 4. The number of amides is 3. The van der Waals surface area contributed by atoms with Gasteiger partial charge in [0.25, 0.3) is 23.5 Å². The Labute approximate surface area is 139 Å². The van der Waals surface area contributed by atoms with Gasteiger partial charge in [0.2, 0.25) is 0 Å². The number of benzene rings is 1. The highest BCUT2D eigenvalue weighted by Crippen LogP contribution is 2.42. The van der Waals surface area contributed by atoms with Gasteiger partial charge >= 0.3 is 5.79 Å². The van der Waals surface area contributed by atoms with Crippen molar-refractivity contribution in [1.29, 1.82) is 0 Å². The molecule has 1 atom stereocenters. The number of halogens is 1. The van der Waals surface area contributed by atoms with E-state index in [2.05, 4.69) is 0 Å². The minimum Gasteiger partial charge on any atom is -0.398 e. The van der Waals surface area contributed by atoms with E-state index in [1.165, 1.54) is 0 Å². The molecular weight excluding hydrogens is 341 g/mol. The van der Waals surface area contributed by atoms with Crippen molar-refractivity contribution in [1.82, 2.24) is 10.2 Å². The summed E-state index contributed by atoms with van der Waals surface area (Å²) in [5.74, 6) is -12.5. The molecule has 11 heteroatoms. The zero-order valence-corrected chi connectivity index (χ0v) is 12.8. The highest BCUT2D eigenvalue weighted by molar-refractivity contribution is 6.10. The van der Waals surface area contributed by atoms with Crippen LogP contribution in [0.2, 0.25) is 0 Å². The van der Waals surface area contributed by atoms with Gasteiger partial charge in [0.15, 0.2) is 5.54 Å². The van der Waals surface area contributed by atoms with Gasteiger partial charge in [0.05, 0.1) is 6.54 Å². The van der Waals surface area contributed by atoms with Crippen LogP contribution in [-0.4, -0.2) is 60.2 Å². The first kappa shape index (κ1) is 17.2. The molecule has 7 N–H and O–H groups in total. The van der Waals surface area contributed by atoms with Gasteiger partial charge in [-0.1, -0.05) is 0 Å². The van der Waals surface area contributed by atoms with Gasteiger partial charge in [0, 0.05) is 16.8 Å². The molecule has 0 spiro atoms. The van der Waals surface area contributed by atoms with Crippen LogP contribution in [0.4, 0.5) is 10.1 Å². The number of imide groups is 1. The van der Waals surface area contributed by atoms with E-state index in [1.54, 1.807) is 5.32 Å². The van der Waals surface area contributed by atoms with E-state index < -0.39 is 47.2 Å². The number of fused-ring (bicyclic) bond motifs is 1. The van der Waals surface area contributed by atoms with Gasteiger partial charge in [-0.2, -0.15) is 0 Å². The highest BCUT2D eigenvalue weighted by Gasteiger charge is 2.74. The lowest BCUT2D eigenvalue weighted by Gasteiger charge is -2.51. The lowest BCUT2D eigenvalue weighted by Crippen LogP contribution is -2.84. The van der Waals surface area contributed by atoms with Crippen LogP contribution in [0.25, 0.3) is 0 Å². The van der Waals surface area contributed by atoms with Crippen LogP contribution in [0.5, 0.6) is 0 Å². The standard InChI is InChI=1S/C14H14FN3O7/c1-12(10(20)17-11(21)13(22,23)14(12,24)25)18-4-7-6(9(18)19)2-5(15)3-8(7)16/h2-3,22-25H,4,16H2,1H3,(H,17,20,21)/t12-/m1/s1. The predicted octanol–water partition coefficient (Wildman–Crippen LogP) is -2.86. The van der Waals surface area contributed by atoms with Crippen LogP contribution < -0.4 is 11.1 Å². The molecule has 2 heterocycles. The Hall–Kier alpha value is -2.60. The lowest BCUT2D eigenvalue weighted by molar-refractivity contribution is -0.372. The maximum Gasteiger partial charge on any atom is 0.304 e. The van der Waals surface area contributed by atoms with Crippen molar-refractivity contribution in [3.05, 3.63) is 29.1 Å². The molecule has 1 aromatic rings. The molecule has 1 aromatic carbocycles. The zero-order chi connectivity index (χ0) is 18.9. The molecular formula is C14H14FN3O7. The van der Waals surface area contributed by atoms with Gasteiger partial charge in [-0.05, 0) is 19.1 Å². The molecule has 0 unspecified atom stereocenters. The van der Waals surface area contributed by atoms with Gasteiger partial charge in [-0.25, -0.2) is 4.39 Å². The van der Waals surface area contributed by atoms with Gasteiger partial charge in [0.1, 0.15) is 5.82 Å². The topological polar surface area (TPSA) is 173 Å². The number of hydrogen-bond acceptors (Lipinski definition) is 8. The zero-order valence-electron chi connectivity index (χ0n) is 12.8. The third-order valence-electron chi connectivity index (χ3n) is 4.73. The number of nitrogens with one attached hydrogen (secondary N) is 1. The van der Waals surface area contributed by atoms with E-state index in [0.717, 1.165) is 19.1 Å². The number of carbonyl (C=O) groups excluding carboxylic acids is 3. The molecule has 0 aliphatic carbocycles. The Morgan fingerprint density at radius 3 is 2.36 bits per heavy atom. The van der Waals surface area contributed by atoms with Gasteiger partial charge < -0.3 is 31.1 Å². The van der Waals surface area contributed by atoms with Crippen molar-refractivity contribution in [3.8, 4) is 0 Å². The van der Waals surface area contributed by atoms with Crippen molar-refractivity contribution >= 4 is 23.4 Å². The first-order valence-corrected chi connectivity index (χ1v) is 7.01. The molecule has 1 saturated heterocycles. The third-order valence-corrected chi connectivity index (χ3v) is 4.73. The molecule has 25 heavy (non-hydrogen) atoms. The van der Waals surface area contributed by atoms with Crippen molar-refractivity contribution in [3.63, 3.8) is 0 Å². The maximum absolute atomic E-state index is 13.5. The summed E-state index contributed by atoms with van der Waals surface area (Å²) in [5.41, 5.74) is 2.75. The normalized spacial score (nSPS) is 27.3. The summed E-state index contributed by atoms with van der Waals surface area (Å²) in [5, 5.41) is 41.5. The van der Waals surface area contributed by atoms with E-state index in [0.29, 0.717) is 4.90 Å². The van der Waals surface area contributed by atoms with E-state index in [1.807, 2.05) is 0 Å². The minimum atomic E-state index is -3.79. The minimum absolute atomic E-state index is 0.109. The van der Waals surface area contributed by atoms with Crippen LogP contribution in [0, 0.1) is 5.82 Å². The summed E-state index contributed by atoms with van der Waals surface area (Å²) in [6, 6.07) is 1.79. The van der Waals surface area contributed by atoms with Crippen molar-refractivity contribution in [2.75, 3.05) is 5.73 Å². The number of nitrogen functional groups attached to an aromatic ring is 1. The molecule has 0 saturated carbocycles. The molecule has 3 rings (SSSR count). The molecule has 1 fully saturated rings. The fraction of sp³-hybridized carbons (Fsp3) is 0.357. The molecule has 2 aliphatic heterocycles. The second-order valence-corrected chi connectivity index (χ2v) is 6.11. The third kappa shape index (κ3) is 1.88. The maximum atomic E-state index is 13.5. The number of carbonyl (C=O) groups is 3. The van der Waals surface area contributed by atoms with Crippen molar-refractivity contribution < 1.29 is 39.2 Å². The van der Waals surface area contributed by atoms with E-state index in [9.17, 15) is 39.2 Å². The molecule has 0 radical (unpaired) electrons. The van der Waals surface area contributed by atoms with Crippen molar-refractivity contribution in [2.45, 2.75) is 30.6 Å². The number of piperidine rings is 1. The predicted molar refractivity (Wildman–Crippen MR) is 76.6 cm³/mol. The van der Waals surface area contributed by atoms with Crippen molar-refractivity contribution in [2.24, 2.45) is 0 Å². The summed E-state index contributed by atoms with van der Waals surface area (Å²) in [6.07, 6.45) is 0. The summed E-state index contributed by atoms with van der Waals surface area (Å²) in [4.78, 5) is 37.0. The Morgan fingerprint density at radius 2 is 1.76 bits per heavy atom. The van der Waals surface area contributed by atoms with E-state index >= 15 is 0 Å². The number of hydrogen-bond donors (Lipinski definition) is 6. The summed E-state index contributed by atoms with van der Waals surface area (Å²) < 4.78 is 13.5. The van der Waals surface area contributed by atoms with Crippen LogP contribution >= 0.6 is 0 Å². The Kier molecular flexibility index (Phi) is 3.26. The van der Waals surface area contributed by atoms with E-state index in [-0.39, 0.29) is 16.8 Å². The molecule has 3 amide bonds. The Morgan fingerprint density at radius 1 is 1.16 bits per heavy atom. The van der Waals surface area contributed by atoms with Crippen LogP contribution in [0.1, 0.15) is 22.8 Å². The van der Waals surface area contributed by atoms with Crippen LogP contribution in [-0.2, 0) is 16.1 Å². The number of anilines is 1. The largest absolute Gasteiger partial charge is 0.398 e.